The number of hydrogen-bond acceptors (Lipinski definition) is 5. The summed E-state index contributed by atoms with van der Waals surface area (Å²) in [6.45, 7) is 6.76. The van der Waals surface area contributed by atoms with Crippen LogP contribution in [0, 0.1) is 17.2 Å². The topological polar surface area (TPSA) is 84.7 Å². The first-order valence-corrected chi connectivity index (χ1v) is 11.8. The number of sulfonamides is 1. The highest BCUT2D eigenvalue weighted by Gasteiger charge is 2.40. The number of piperazine rings is 1. The Morgan fingerprint density at radius 2 is 1.72 bits per heavy atom. The molecule has 158 valence electrons. The molecule has 0 aromatic heterocycles. The van der Waals surface area contributed by atoms with Crippen LogP contribution in [0.15, 0.2) is 35.2 Å². The summed E-state index contributed by atoms with van der Waals surface area (Å²) in [4.78, 5) is 17.4. The summed E-state index contributed by atoms with van der Waals surface area (Å²) in [7, 11) is -3.70. The van der Waals surface area contributed by atoms with E-state index in [0.29, 0.717) is 39.1 Å². The van der Waals surface area contributed by atoms with Gasteiger partial charge < -0.3 is 4.90 Å². The Morgan fingerprint density at radius 3 is 2.31 bits per heavy atom. The van der Waals surface area contributed by atoms with Crippen LogP contribution in [-0.2, 0) is 14.8 Å². The van der Waals surface area contributed by atoms with Gasteiger partial charge in [-0.25, -0.2) is 8.42 Å². The first-order valence-electron chi connectivity index (χ1n) is 10.4. The Hall–Kier alpha value is -1.95. The molecule has 2 heterocycles. The zero-order valence-corrected chi connectivity index (χ0v) is 18.0. The molecule has 1 amide bonds. The van der Waals surface area contributed by atoms with Crippen LogP contribution in [0.5, 0.6) is 0 Å². The monoisotopic (exact) mass is 418 g/mol. The van der Waals surface area contributed by atoms with Crippen LogP contribution >= 0.6 is 0 Å². The molecule has 0 bridgehead atoms. The van der Waals surface area contributed by atoms with Gasteiger partial charge in [0.05, 0.1) is 11.0 Å². The molecule has 1 aromatic rings. The van der Waals surface area contributed by atoms with Crippen molar-refractivity contribution < 1.29 is 13.2 Å². The zero-order valence-electron chi connectivity index (χ0n) is 17.2. The van der Waals surface area contributed by atoms with Crippen LogP contribution in [0.4, 0.5) is 0 Å². The van der Waals surface area contributed by atoms with Crippen LogP contribution < -0.4 is 0 Å². The van der Waals surface area contributed by atoms with Gasteiger partial charge in [-0.3, -0.25) is 9.69 Å². The quantitative estimate of drug-likeness (QED) is 0.729. The third-order valence-corrected chi connectivity index (χ3v) is 7.79. The van der Waals surface area contributed by atoms with Gasteiger partial charge in [0.2, 0.25) is 15.9 Å². The third-order valence-electron chi connectivity index (χ3n) is 5.87. The number of carbonyl (C=O) groups excluding carboxylic acids is 1. The summed E-state index contributed by atoms with van der Waals surface area (Å²) < 4.78 is 27.7. The van der Waals surface area contributed by atoms with E-state index in [4.69, 9.17) is 0 Å². The molecule has 0 radical (unpaired) electrons. The maximum absolute atomic E-state index is 13.3. The minimum atomic E-state index is -3.70. The molecule has 2 aliphatic rings. The van der Waals surface area contributed by atoms with E-state index in [1.54, 1.807) is 35.2 Å². The van der Waals surface area contributed by atoms with Crippen molar-refractivity contribution in [3.63, 3.8) is 0 Å². The highest BCUT2D eigenvalue weighted by molar-refractivity contribution is 7.89. The lowest BCUT2D eigenvalue weighted by molar-refractivity contribution is -0.138. The van der Waals surface area contributed by atoms with Crippen molar-refractivity contribution in [1.29, 1.82) is 5.26 Å². The van der Waals surface area contributed by atoms with Crippen LogP contribution in [-0.4, -0.2) is 73.2 Å². The van der Waals surface area contributed by atoms with Crippen LogP contribution in [0.25, 0.3) is 0 Å². The third kappa shape index (κ3) is 4.63. The van der Waals surface area contributed by atoms with E-state index >= 15 is 0 Å². The Balaban J connectivity index is 1.72. The predicted molar refractivity (Wildman–Crippen MR) is 110 cm³/mol. The van der Waals surface area contributed by atoms with E-state index in [1.807, 2.05) is 13.8 Å². The van der Waals surface area contributed by atoms with E-state index in [2.05, 4.69) is 11.0 Å². The fourth-order valence-corrected chi connectivity index (χ4v) is 5.92. The van der Waals surface area contributed by atoms with Crippen molar-refractivity contribution in [1.82, 2.24) is 14.1 Å². The standard InChI is InChI=1S/C21H30N4O3S/c1-17(2)20(16-22)23-12-14-24(15-13-23)21(26)19-10-6-7-11-25(19)29(27,28)18-8-4-3-5-9-18/h3-5,8-9,17,19-20H,6-7,10-15H2,1-2H3. The molecule has 2 saturated heterocycles. The van der Waals surface area contributed by atoms with Crippen molar-refractivity contribution >= 4 is 15.9 Å². The van der Waals surface area contributed by atoms with Gasteiger partial charge in [-0.15, -0.1) is 0 Å². The highest BCUT2D eigenvalue weighted by atomic mass is 32.2. The summed E-state index contributed by atoms with van der Waals surface area (Å²) in [6, 6.07) is 9.91. The van der Waals surface area contributed by atoms with Crippen molar-refractivity contribution in [2.45, 2.75) is 50.1 Å². The van der Waals surface area contributed by atoms with Gasteiger partial charge in [-0.05, 0) is 30.9 Å². The van der Waals surface area contributed by atoms with E-state index in [-0.39, 0.29) is 22.8 Å². The summed E-state index contributed by atoms with van der Waals surface area (Å²) in [5.74, 6) is 0.119. The number of rotatable bonds is 5. The molecule has 0 aliphatic carbocycles. The van der Waals surface area contributed by atoms with Gasteiger partial charge >= 0.3 is 0 Å². The second-order valence-electron chi connectivity index (χ2n) is 8.12. The van der Waals surface area contributed by atoms with Crippen LogP contribution in [0.1, 0.15) is 33.1 Å². The average Bonchev–Trinajstić information content (AvgIpc) is 2.74. The summed E-state index contributed by atoms with van der Waals surface area (Å²) in [5.41, 5.74) is 0. The molecule has 2 atom stereocenters. The van der Waals surface area contributed by atoms with Crippen molar-refractivity contribution in [3.8, 4) is 6.07 Å². The van der Waals surface area contributed by atoms with E-state index < -0.39 is 16.1 Å². The molecule has 2 aliphatic heterocycles. The molecule has 1 aromatic carbocycles. The van der Waals surface area contributed by atoms with Crippen molar-refractivity contribution in [2.75, 3.05) is 32.7 Å². The molecule has 7 nitrogen and oxygen atoms in total. The van der Waals surface area contributed by atoms with Gasteiger partial charge in [-0.1, -0.05) is 38.5 Å². The number of nitriles is 1. The van der Waals surface area contributed by atoms with E-state index in [1.165, 1.54) is 4.31 Å². The average molecular weight is 419 g/mol. The molecule has 8 heteroatoms. The molecule has 0 saturated carbocycles. The largest absolute Gasteiger partial charge is 0.339 e. The molecular formula is C21H30N4O3S. The lowest BCUT2D eigenvalue weighted by Crippen LogP contribution is -2.58. The Bertz CT molecular complexity index is 842. The number of carbonyl (C=O) groups is 1. The number of piperidine rings is 1. The van der Waals surface area contributed by atoms with E-state index in [0.717, 1.165) is 12.8 Å². The summed E-state index contributed by atoms with van der Waals surface area (Å²) in [6.07, 6.45) is 2.17. The Labute approximate surface area is 173 Å². The van der Waals surface area contributed by atoms with Crippen molar-refractivity contribution in [2.24, 2.45) is 5.92 Å². The molecule has 0 N–H and O–H groups in total. The Kier molecular flexibility index (Phi) is 6.93. The molecule has 3 rings (SSSR count). The minimum absolute atomic E-state index is 0.109. The zero-order chi connectivity index (χ0) is 21.0. The first kappa shape index (κ1) is 21.8. The molecule has 2 fully saturated rings. The van der Waals surface area contributed by atoms with Gasteiger partial charge in [0.1, 0.15) is 12.1 Å². The van der Waals surface area contributed by atoms with Crippen LogP contribution in [0.2, 0.25) is 0 Å². The molecule has 2 unspecified atom stereocenters. The fourth-order valence-electron chi connectivity index (χ4n) is 4.25. The molecule has 29 heavy (non-hydrogen) atoms. The maximum atomic E-state index is 13.3. The van der Waals surface area contributed by atoms with Gasteiger partial charge in [0.25, 0.3) is 0 Å². The normalized spacial score (nSPS) is 23.0. The SMILES string of the molecule is CC(C)C(C#N)N1CCN(C(=O)C2CCCCN2S(=O)(=O)c2ccccc2)CC1. The summed E-state index contributed by atoms with van der Waals surface area (Å²) >= 11 is 0. The maximum Gasteiger partial charge on any atom is 0.243 e. The number of hydrogen-bond donors (Lipinski definition) is 0. The van der Waals surface area contributed by atoms with Crippen molar-refractivity contribution in [3.05, 3.63) is 30.3 Å². The van der Waals surface area contributed by atoms with E-state index in [9.17, 15) is 18.5 Å². The van der Waals surface area contributed by atoms with Gasteiger partial charge in [-0.2, -0.15) is 9.57 Å². The fraction of sp³-hybridized carbons (Fsp3) is 0.619. The van der Waals surface area contributed by atoms with Gasteiger partial charge in [0.15, 0.2) is 0 Å². The second-order valence-corrected chi connectivity index (χ2v) is 10.0. The second kappa shape index (κ2) is 9.24. The lowest BCUT2D eigenvalue weighted by atomic mass is 10.0. The highest BCUT2D eigenvalue weighted by Crippen LogP contribution is 2.27. The molecule has 0 spiro atoms. The summed E-state index contributed by atoms with van der Waals surface area (Å²) in [5, 5.41) is 9.41. The smallest absolute Gasteiger partial charge is 0.243 e. The first-order chi connectivity index (χ1) is 13.9. The Morgan fingerprint density at radius 1 is 1.07 bits per heavy atom. The number of nitrogens with zero attached hydrogens (tertiary/aromatic N) is 4. The number of benzene rings is 1. The molecular weight excluding hydrogens is 388 g/mol. The van der Waals surface area contributed by atoms with Crippen LogP contribution in [0.3, 0.4) is 0 Å². The predicted octanol–water partition coefficient (Wildman–Crippen LogP) is 1.92. The lowest BCUT2D eigenvalue weighted by Gasteiger charge is -2.41. The minimum Gasteiger partial charge on any atom is -0.339 e. The van der Waals surface area contributed by atoms with Gasteiger partial charge in [0, 0.05) is 32.7 Å². The number of amides is 1.